The number of benzene rings is 3. The lowest BCUT2D eigenvalue weighted by molar-refractivity contribution is -0.132. The molecule has 0 spiro atoms. The van der Waals surface area contributed by atoms with E-state index in [0.717, 1.165) is 9.17 Å². The zero-order valence-electron chi connectivity index (χ0n) is 18.4. The van der Waals surface area contributed by atoms with Crippen LogP contribution in [0.15, 0.2) is 76.8 Å². The van der Waals surface area contributed by atoms with E-state index >= 15 is 0 Å². The van der Waals surface area contributed by atoms with Crippen molar-refractivity contribution < 1.29 is 19.4 Å². The average molecular weight is 570 g/mol. The van der Waals surface area contributed by atoms with Gasteiger partial charge in [-0.3, -0.25) is 14.5 Å². The van der Waals surface area contributed by atoms with Gasteiger partial charge in [0.25, 0.3) is 5.78 Å². The summed E-state index contributed by atoms with van der Waals surface area (Å²) in [4.78, 5) is 32.7. The number of carbonyl (C=O) groups excluding carboxylic acids is 2. The second-order valence-corrected chi connectivity index (χ2v) is 10.2. The van der Waals surface area contributed by atoms with E-state index in [9.17, 15) is 14.7 Å². The summed E-state index contributed by atoms with van der Waals surface area (Å²) in [5.74, 6) is -1.11. The number of aliphatic hydroxyl groups excluding tert-OH is 1. The molecule has 0 radical (unpaired) electrons. The van der Waals surface area contributed by atoms with E-state index in [4.69, 9.17) is 16.3 Å². The highest BCUT2D eigenvalue weighted by Crippen LogP contribution is 2.45. The predicted octanol–water partition coefficient (Wildman–Crippen LogP) is 6.74. The molecule has 1 N–H and O–H groups in total. The first-order valence-corrected chi connectivity index (χ1v) is 12.7. The van der Waals surface area contributed by atoms with Crippen LogP contribution in [0.3, 0.4) is 0 Å². The van der Waals surface area contributed by atoms with Crippen LogP contribution in [0.2, 0.25) is 5.02 Å². The van der Waals surface area contributed by atoms with Crippen molar-refractivity contribution in [2.45, 2.75) is 13.0 Å². The first-order chi connectivity index (χ1) is 16.9. The molecule has 9 heteroatoms. The maximum Gasteiger partial charge on any atom is 0.301 e. The maximum absolute atomic E-state index is 13.4. The van der Waals surface area contributed by atoms with Crippen molar-refractivity contribution in [3.8, 4) is 5.75 Å². The van der Waals surface area contributed by atoms with Crippen LogP contribution in [0, 0.1) is 0 Å². The minimum Gasteiger partial charge on any atom is -0.507 e. The third kappa shape index (κ3) is 4.33. The van der Waals surface area contributed by atoms with Gasteiger partial charge in [0.1, 0.15) is 11.5 Å². The number of aliphatic hydroxyl groups is 1. The number of rotatable bonds is 5. The molecule has 1 saturated heterocycles. The van der Waals surface area contributed by atoms with Crippen LogP contribution in [0.5, 0.6) is 5.75 Å². The van der Waals surface area contributed by atoms with Crippen LogP contribution in [0.4, 0.5) is 5.13 Å². The second kappa shape index (κ2) is 9.45. The van der Waals surface area contributed by atoms with E-state index in [1.54, 1.807) is 24.3 Å². The monoisotopic (exact) mass is 568 g/mol. The Morgan fingerprint density at radius 3 is 2.63 bits per heavy atom. The zero-order chi connectivity index (χ0) is 24.7. The summed E-state index contributed by atoms with van der Waals surface area (Å²) >= 11 is 10.7. The van der Waals surface area contributed by atoms with Gasteiger partial charge >= 0.3 is 5.91 Å². The van der Waals surface area contributed by atoms with Gasteiger partial charge in [-0.1, -0.05) is 51.0 Å². The average Bonchev–Trinajstić information content (AvgIpc) is 3.37. The zero-order valence-corrected chi connectivity index (χ0v) is 21.5. The normalized spacial score (nSPS) is 17.3. The molecule has 1 atom stereocenters. The molecular weight excluding hydrogens is 552 g/mol. The molecule has 0 unspecified atom stereocenters. The molecule has 1 aromatic heterocycles. The quantitative estimate of drug-likeness (QED) is 0.164. The number of ketones is 1. The van der Waals surface area contributed by atoms with Gasteiger partial charge < -0.3 is 9.84 Å². The Morgan fingerprint density at radius 1 is 1.14 bits per heavy atom. The van der Waals surface area contributed by atoms with Crippen molar-refractivity contribution in [1.29, 1.82) is 0 Å². The predicted molar refractivity (Wildman–Crippen MR) is 141 cm³/mol. The molecule has 1 aliphatic heterocycles. The van der Waals surface area contributed by atoms with E-state index in [0.29, 0.717) is 39.2 Å². The Morgan fingerprint density at radius 2 is 1.91 bits per heavy atom. The van der Waals surface area contributed by atoms with Gasteiger partial charge in [-0.15, -0.1) is 0 Å². The van der Waals surface area contributed by atoms with E-state index in [1.807, 2.05) is 49.4 Å². The SMILES string of the molecule is CCOc1ccc2nc(N3C(=O)C(=O)C(=C(O)c4ccc(Cl)cc4)[C@H]3c3cccc(Br)c3)sc2c1. The molecule has 4 aromatic rings. The molecule has 0 saturated carbocycles. The van der Waals surface area contributed by atoms with E-state index in [2.05, 4.69) is 20.9 Å². The molecular formula is C26H18BrClN2O4S. The van der Waals surface area contributed by atoms with Crippen LogP contribution in [0.25, 0.3) is 16.0 Å². The van der Waals surface area contributed by atoms with Crippen molar-refractivity contribution in [1.82, 2.24) is 4.98 Å². The number of carbonyl (C=O) groups is 2. The minimum absolute atomic E-state index is 0.00955. The van der Waals surface area contributed by atoms with Crippen molar-refractivity contribution in [2.24, 2.45) is 0 Å². The van der Waals surface area contributed by atoms with E-state index in [1.165, 1.54) is 16.2 Å². The minimum atomic E-state index is -0.866. The van der Waals surface area contributed by atoms with Crippen LogP contribution in [0.1, 0.15) is 24.1 Å². The van der Waals surface area contributed by atoms with Crippen LogP contribution in [-0.2, 0) is 9.59 Å². The van der Waals surface area contributed by atoms with Crippen molar-refractivity contribution in [2.75, 3.05) is 11.5 Å². The molecule has 1 fully saturated rings. The van der Waals surface area contributed by atoms with Gasteiger partial charge in [-0.2, -0.15) is 0 Å². The van der Waals surface area contributed by atoms with Crippen LogP contribution < -0.4 is 9.64 Å². The number of amides is 1. The molecule has 35 heavy (non-hydrogen) atoms. The molecule has 1 amide bonds. The van der Waals surface area contributed by atoms with Gasteiger partial charge in [0, 0.05) is 15.1 Å². The number of hydrogen-bond acceptors (Lipinski definition) is 6. The Balaban J connectivity index is 1.70. The highest BCUT2D eigenvalue weighted by molar-refractivity contribution is 9.10. The van der Waals surface area contributed by atoms with E-state index in [-0.39, 0.29) is 11.3 Å². The molecule has 3 aromatic carbocycles. The third-order valence-corrected chi connectivity index (χ3v) is 7.35. The summed E-state index contributed by atoms with van der Waals surface area (Å²) in [5, 5.41) is 12.0. The van der Waals surface area contributed by atoms with Crippen LogP contribution in [-0.4, -0.2) is 28.4 Å². The number of aromatic nitrogens is 1. The van der Waals surface area contributed by atoms with Gasteiger partial charge in [0.2, 0.25) is 0 Å². The number of nitrogens with zero attached hydrogens (tertiary/aromatic N) is 2. The number of fused-ring (bicyclic) bond motifs is 1. The van der Waals surface area contributed by atoms with Crippen LogP contribution >= 0.6 is 38.9 Å². The maximum atomic E-state index is 13.4. The number of hydrogen-bond donors (Lipinski definition) is 1. The molecule has 6 nitrogen and oxygen atoms in total. The Hall–Kier alpha value is -3.20. The smallest absolute Gasteiger partial charge is 0.301 e. The second-order valence-electron chi connectivity index (χ2n) is 7.79. The Bertz CT molecular complexity index is 1500. The summed E-state index contributed by atoms with van der Waals surface area (Å²) < 4.78 is 7.18. The van der Waals surface area contributed by atoms with E-state index < -0.39 is 17.7 Å². The molecule has 176 valence electrons. The lowest BCUT2D eigenvalue weighted by Gasteiger charge is -2.23. The van der Waals surface area contributed by atoms with Gasteiger partial charge in [0.05, 0.1) is 28.4 Å². The number of thiazole rings is 1. The van der Waals surface area contributed by atoms with Crippen molar-refractivity contribution in [3.05, 3.63) is 92.9 Å². The fourth-order valence-corrected chi connectivity index (χ4v) is 5.60. The standard InChI is InChI=1S/C26H18BrClN2O4S/c1-2-34-18-10-11-19-20(13-18)35-26(29-19)30-22(15-4-3-5-16(27)12-15)21(24(32)25(30)33)23(31)14-6-8-17(28)9-7-14/h3-13,22,31H,2H2,1H3/t22-/m1/s1. The number of halogens is 2. The molecule has 0 aliphatic carbocycles. The fourth-order valence-electron chi connectivity index (χ4n) is 4.04. The number of ether oxygens (including phenoxy) is 1. The largest absolute Gasteiger partial charge is 0.507 e. The summed E-state index contributed by atoms with van der Waals surface area (Å²) in [6.07, 6.45) is 0. The molecule has 0 bridgehead atoms. The molecule has 1 aliphatic rings. The molecule has 2 heterocycles. The lowest BCUT2D eigenvalue weighted by Crippen LogP contribution is -2.29. The summed E-state index contributed by atoms with van der Waals surface area (Å²) in [6, 6.07) is 18.4. The molecule has 5 rings (SSSR count). The first-order valence-electron chi connectivity index (χ1n) is 10.7. The van der Waals surface area contributed by atoms with Gasteiger partial charge in [0.15, 0.2) is 5.13 Å². The third-order valence-electron chi connectivity index (χ3n) is 5.59. The van der Waals surface area contributed by atoms with Gasteiger partial charge in [-0.25, -0.2) is 4.98 Å². The summed E-state index contributed by atoms with van der Waals surface area (Å²) in [5.41, 5.74) is 1.71. The van der Waals surface area contributed by atoms with Crippen molar-refractivity contribution in [3.63, 3.8) is 0 Å². The number of anilines is 1. The Labute approximate surface area is 218 Å². The lowest BCUT2D eigenvalue weighted by atomic mass is 9.95. The highest BCUT2D eigenvalue weighted by atomic mass is 79.9. The summed E-state index contributed by atoms with van der Waals surface area (Å²) in [7, 11) is 0. The Kier molecular flexibility index (Phi) is 6.35. The fraction of sp³-hybridized carbons (Fsp3) is 0.115. The number of Topliss-reactive ketones (excluding diaryl/α,β-unsaturated/α-hetero) is 1. The summed E-state index contributed by atoms with van der Waals surface area (Å²) in [6.45, 7) is 2.43. The first kappa shape index (κ1) is 23.5. The van der Waals surface area contributed by atoms with Crippen molar-refractivity contribution >= 4 is 71.7 Å². The van der Waals surface area contributed by atoms with Gasteiger partial charge in [-0.05, 0) is 67.1 Å². The highest BCUT2D eigenvalue weighted by Gasteiger charge is 2.48. The topological polar surface area (TPSA) is 79.7 Å².